The number of aromatic nitrogens is 2. The van der Waals surface area contributed by atoms with Crippen LogP contribution < -0.4 is 10.1 Å². The van der Waals surface area contributed by atoms with E-state index in [-0.39, 0.29) is 0 Å². The minimum Gasteiger partial charge on any atom is -0.490 e. The molecule has 0 saturated heterocycles. The Morgan fingerprint density at radius 1 is 1.28 bits per heavy atom. The molecule has 0 aliphatic carbocycles. The summed E-state index contributed by atoms with van der Waals surface area (Å²) in [4.78, 5) is 8.95. The molecule has 1 aromatic rings. The van der Waals surface area contributed by atoms with Gasteiger partial charge < -0.3 is 10.1 Å². The molecule has 1 aromatic heterocycles. The van der Waals surface area contributed by atoms with Crippen LogP contribution in [0.4, 0.5) is 0 Å². The van der Waals surface area contributed by atoms with Gasteiger partial charge in [0.15, 0.2) is 5.75 Å². The SMILES string of the molecule is CCNCc1nc(C(C)C)ncc1OCC(C)C. The molecular formula is C14H25N3O. The Kier molecular flexibility index (Phi) is 6.05. The summed E-state index contributed by atoms with van der Waals surface area (Å²) in [6.07, 6.45) is 1.80. The molecular weight excluding hydrogens is 226 g/mol. The van der Waals surface area contributed by atoms with Gasteiger partial charge in [0.1, 0.15) is 5.82 Å². The molecule has 1 rings (SSSR count). The topological polar surface area (TPSA) is 47.0 Å². The van der Waals surface area contributed by atoms with Crippen LogP contribution in [0.25, 0.3) is 0 Å². The molecule has 0 aromatic carbocycles. The molecule has 0 atom stereocenters. The van der Waals surface area contributed by atoms with Crippen molar-refractivity contribution >= 4 is 0 Å². The Balaban J connectivity index is 2.85. The van der Waals surface area contributed by atoms with Crippen LogP contribution in [0, 0.1) is 5.92 Å². The van der Waals surface area contributed by atoms with Crippen molar-refractivity contribution < 1.29 is 4.74 Å². The normalized spacial score (nSPS) is 11.3. The molecule has 4 nitrogen and oxygen atoms in total. The van der Waals surface area contributed by atoms with Gasteiger partial charge in [-0.25, -0.2) is 9.97 Å². The Morgan fingerprint density at radius 3 is 2.56 bits per heavy atom. The van der Waals surface area contributed by atoms with Crippen LogP contribution in [0.5, 0.6) is 5.75 Å². The zero-order chi connectivity index (χ0) is 13.5. The summed E-state index contributed by atoms with van der Waals surface area (Å²) in [5.41, 5.74) is 0.955. The van der Waals surface area contributed by atoms with Crippen molar-refractivity contribution in [2.45, 2.75) is 47.1 Å². The van der Waals surface area contributed by atoms with Crippen LogP contribution in [0.1, 0.15) is 52.1 Å². The average molecular weight is 251 g/mol. The molecule has 0 fully saturated rings. The third-order valence-corrected chi connectivity index (χ3v) is 2.48. The van der Waals surface area contributed by atoms with Gasteiger partial charge >= 0.3 is 0 Å². The van der Waals surface area contributed by atoms with E-state index in [1.54, 1.807) is 6.20 Å². The second-order valence-electron chi connectivity index (χ2n) is 5.18. The van der Waals surface area contributed by atoms with E-state index >= 15 is 0 Å². The van der Waals surface area contributed by atoms with Crippen LogP contribution in [0.2, 0.25) is 0 Å². The van der Waals surface area contributed by atoms with Crippen molar-refractivity contribution in [2.75, 3.05) is 13.2 Å². The largest absolute Gasteiger partial charge is 0.490 e. The van der Waals surface area contributed by atoms with Crippen molar-refractivity contribution in [1.29, 1.82) is 0 Å². The Hall–Kier alpha value is -1.16. The Morgan fingerprint density at radius 2 is 2.00 bits per heavy atom. The van der Waals surface area contributed by atoms with E-state index in [1.165, 1.54) is 0 Å². The maximum Gasteiger partial charge on any atom is 0.160 e. The van der Waals surface area contributed by atoms with Gasteiger partial charge in [0.2, 0.25) is 0 Å². The summed E-state index contributed by atoms with van der Waals surface area (Å²) < 4.78 is 5.77. The molecule has 0 spiro atoms. The number of hydrogen-bond donors (Lipinski definition) is 1. The molecule has 4 heteroatoms. The van der Waals surface area contributed by atoms with Crippen molar-refractivity contribution in [3.63, 3.8) is 0 Å². The molecule has 18 heavy (non-hydrogen) atoms. The van der Waals surface area contributed by atoms with E-state index in [4.69, 9.17) is 4.74 Å². The van der Waals surface area contributed by atoms with E-state index in [2.05, 4.69) is 49.9 Å². The molecule has 0 saturated carbocycles. The molecule has 0 aliphatic rings. The van der Waals surface area contributed by atoms with Crippen LogP contribution in [-0.4, -0.2) is 23.1 Å². The number of nitrogens with zero attached hydrogens (tertiary/aromatic N) is 2. The van der Waals surface area contributed by atoms with Crippen LogP contribution in [-0.2, 0) is 6.54 Å². The first-order chi connectivity index (χ1) is 8.54. The van der Waals surface area contributed by atoms with Gasteiger partial charge in [-0.15, -0.1) is 0 Å². The molecule has 0 unspecified atom stereocenters. The molecule has 0 amide bonds. The van der Waals surface area contributed by atoms with Gasteiger partial charge in [-0.1, -0.05) is 34.6 Å². The summed E-state index contributed by atoms with van der Waals surface area (Å²) in [5, 5.41) is 3.29. The molecule has 0 aliphatic heterocycles. The van der Waals surface area contributed by atoms with Crippen LogP contribution in [0.3, 0.4) is 0 Å². The highest BCUT2D eigenvalue weighted by Crippen LogP contribution is 2.19. The number of ether oxygens (including phenoxy) is 1. The van der Waals surface area contributed by atoms with Crippen molar-refractivity contribution in [1.82, 2.24) is 15.3 Å². The van der Waals surface area contributed by atoms with E-state index < -0.39 is 0 Å². The molecule has 1 N–H and O–H groups in total. The van der Waals surface area contributed by atoms with Gasteiger partial charge in [0.25, 0.3) is 0 Å². The lowest BCUT2D eigenvalue weighted by atomic mass is 10.2. The lowest BCUT2D eigenvalue weighted by Gasteiger charge is -2.14. The smallest absolute Gasteiger partial charge is 0.160 e. The minimum absolute atomic E-state index is 0.338. The zero-order valence-electron chi connectivity index (χ0n) is 12.2. The molecule has 0 radical (unpaired) electrons. The quantitative estimate of drug-likeness (QED) is 0.809. The predicted molar refractivity (Wildman–Crippen MR) is 73.8 cm³/mol. The number of hydrogen-bond acceptors (Lipinski definition) is 4. The van der Waals surface area contributed by atoms with Gasteiger partial charge in [0, 0.05) is 12.5 Å². The van der Waals surface area contributed by atoms with E-state index in [0.29, 0.717) is 18.4 Å². The van der Waals surface area contributed by atoms with E-state index in [1.807, 2.05) is 0 Å². The summed E-state index contributed by atoms with van der Waals surface area (Å²) in [7, 11) is 0. The first-order valence-corrected chi connectivity index (χ1v) is 6.73. The standard InChI is InChI=1S/C14H25N3O/c1-6-15-7-12-13(18-9-10(2)3)8-16-14(17-12)11(4)5/h8,10-11,15H,6-7,9H2,1-5H3. The minimum atomic E-state index is 0.338. The molecule has 0 bridgehead atoms. The summed E-state index contributed by atoms with van der Waals surface area (Å²) >= 11 is 0. The highest BCUT2D eigenvalue weighted by atomic mass is 16.5. The third-order valence-electron chi connectivity index (χ3n) is 2.48. The molecule has 1 heterocycles. The maximum atomic E-state index is 5.77. The van der Waals surface area contributed by atoms with Crippen molar-refractivity contribution in [2.24, 2.45) is 5.92 Å². The van der Waals surface area contributed by atoms with Crippen LogP contribution in [0.15, 0.2) is 6.20 Å². The fourth-order valence-electron chi connectivity index (χ4n) is 1.45. The number of rotatable bonds is 7. The lowest BCUT2D eigenvalue weighted by molar-refractivity contribution is 0.265. The highest BCUT2D eigenvalue weighted by molar-refractivity contribution is 5.25. The average Bonchev–Trinajstić information content (AvgIpc) is 2.33. The van der Waals surface area contributed by atoms with Crippen molar-refractivity contribution in [3.05, 3.63) is 17.7 Å². The summed E-state index contributed by atoms with van der Waals surface area (Å²) in [5.74, 6) is 2.51. The Labute approximate surface area is 110 Å². The number of nitrogens with one attached hydrogen (secondary N) is 1. The third kappa shape index (κ3) is 4.61. The first-order valence-electron chi connectivity index (χ1n) is 6.73. The van der Waals surface area contributed by atoms with E-state index in [0.717, 1.165) is 30.4 Å². The predicted octanol–water partition coefficient (Wildman–Crippen LogP) is 2.74. The first kappa shape index (κ1) is 14.9. The second kappa shape index (κ2) is 7.31. The van der Waals surface area contributed by atoms with Gasteiger partial charge in [0.05, 0.1) is 18.5 Å². The summed E-state index contributed by atoms with van der Waals surface area (Å²) in [6.45, 7) is 12.9. The second-order valence-corrected chi connectivity index (χ2v) is 5.18. The van der Waals surface area contributed by atoms with Crippen LogP contribution >= 0.6 is 0 Å². The highest BCUT2D eigenvalue weighted by Gasteiger charge is 2.11. The zero-order valence-corrected chi connectivity index (χ0v) is 12.2. The van der Waals surface area contributed by atoms with Crippen molar-refractivity contribution in [3.8, 4) is 5.75 Å². The van der Waals surface area contributed by atoms with E-state index in [9.17, 15) is 0 Å². The summed E-state index contributed by atoms with van der Waals surface area (Å²) in [6, 6.07) is 0. The maximum absolute atomic E-state index is 5.77. The monoisotopic (exact) mass is 251 g/mol. The fourth-order valence-corrected chi connectivity index (χ4v) is 1.45. The molecule has 102 valence electrons. The fraction of sp³-hybridized carbons (Fsp3) is 0.714. The van der Waals surface area contributed by atoms with Gasteiger partial charge in [-0.2, -0.15) is 0 Å². The van der Waals surface area contributed by atoms with Gasteiger partial charge in [-0.3, -0.25) is 0 Å². The Bertz CT molecular complexity index is 364. The van der Waals surface area contributed by atoms with Gasteiger partial charge in [-0.05, 0) is 12.5 Å². The lowest BCUT2D eigenvalue weighted by Crippen LogP contribution is -2.17.